The molecule has 146 valence electrons. The standard InChI is InChI=1S/C19H28N6OS/c1-5-20-18(25-10-11-27-19(2,3)13-25)21-12-16-22-17(24-23-16)14-6-8-15(26-4)9-7-14/h6-9H,5,10-13H2,1-4H3,(H,20,21)(H,22,23,24). The van der Waals surface area contributed by atoms with Crippen LogP contribution in [0.3, 0.4) is 0 Å². The van der Waals surface area contributed by atoms with E-state index in [4.69, 9.17) is 9.73 Å². The zero-order valence-corrected chi connectivity index (χ0v) is 17.3. The average Bonchev–Trinajstić information content (AvgIpc) is 3.13. The van der Waals surface area contributed by atoms with Crippen molar-refractivity contribution in [3.8, 4) is 17.1 Å². The Hall–Kier alpha value is -2.22. The van der Waals surface area contributed by atoms with Crippen LogP contribution in [0, 0.1) is 0 Å². The number of H-pyrrole nitrogens is 1. The Kier molecular flexibility index (Phi) is 6.26. The minimum Gasteiger partial charge on any atom is -0.497 e. The fourth-order valence-corrected chi connectivity index (χ4v) is 4.12. The molecule has 27 heavy (non-hydrogen) atoms. The number of nitrogens with zero attached hydrogens (tertiary/aromatic N) is 4. The summed E-state index contributed by atoms with van der Waals surface area (Å²) in [5.74, 6) is 4.29. The van der Waals surface area contributed by atoms with Gasteiger partial charge in [0.05, 0.1) is 7.11 Å². The predicted molar refractivity (Wildman–Crippen MR) is 111 cm³/mol. The van der Waals surface area contributed by atoms with Gasteiger partial charge in [-0.05, 0) is 45.0 Å². The highest BCUT2D eigenvalue weighted by atomic mass is 32.2. The van der Waals surface area contributed by atoms with Crippen LogP contribution in [0.4, 0.5) is 0 Å². The van der Waals surface area contributed by atoms with E-state index in [0.717, 1.165) is 48.5 Å². The van der Waals surface area contributed by atoms with Crippen molar-refractivity contribution in [3.05, 3.63) is 30.1 Å². The molecule has 1 aliphatic rings. The summed E-state index contributed by atoms with van der Waals surface area (Å²) in [7, 11) is 1.65. The van der Waals surface area contributed by atoms with Crippen molar-refractivity contribution >= 4 is 17.7 Å². The SMILES string of the molecule is CCNC(=NCc1nc(-c2ccc(OC)cc2)n[nH]1)N1CCSC(C)(C)C1. The van der Waals surface area contributed by atoms with Crippen molar-refractivity contribution < 1.29 is 4.74 Å². The van der Waals surface area contributed by atoms with Crippen LogP contribution < -0.4 is 10.1 Å². The number of hydrogen-bond donors (Lipinski definition) is 2. The molecule has 0 aliphatic carbocycles. The maximum Gasteiger partial charge on any atom is 0.194 e. The summed E-state index contributed by atoms with van der Waals surface area (Å²) in [4.78, 5) is 11.7. The van der Waals surface area contributed by atoms with Gasteiger partial charge in [-0.25, -0.2) is 9.98 Å². The third kappa shape index (κ3) is 5.15. The lowest BCUT2D eigenvalue weighted by Gasteiger charge is -2.39. The maximum atomic E-state index is 5.19. The number of guanidine groups is 1. The van der Waals surface area contributed by atoms with Gasteiger partial charge in [0.25, 0.3) is 0 Å². The lowest BCUT2D eigenvalue weighted by atomic mass is 10.2. The third-order valence-electron chi connectivity index (χ3n) is 4.32. The van der Waals surface area contributed by atoms with E-state index >= 15 is 0 Å². The van der Waals surface area contributed by atoms with Crippen LogP contribution in [0.25, 0.3) is 11.4 Å². The summed E-state index contributed by atoms with van der Waals surface area (Å²) in [6, 6.07) is 7.71. The number of hydrogen-bond acceptors (Lipinski definition) is 5. The highest BCUT2D eigenvalue weighted by molar-refractivity contribution is 8.00. The fourth-order valence-electron chi connectivity index (χ4n) is 3.01. The first-order valence-electron chi connectivity index (χ1n) is 9.23. The number of aliphatic imine (C=N–C) groups is 1. The molecule has 0 spiro atoms. The smallest absolute Gasteiger partial charge is 0.194 e. The largest absolute Gasteiger partial charge is 0.497 e. The second kappa shape index (κ2) is 8.65. The van der Waals surface area contributed by atoms with E-state index in [2.05, 4.69) is 46.2 Å². The van der Waals surface area contributed by atoms with Crippen molar-refractivity contribution in [1.82, 2.24) is 25.4 Å². The van der Waals surface area contributed by atoms with Crippen LogP contribution in [-0.2, 0) is 6.54 Å². The van der Waals surface area contributed by atoms with Gasteiger partial charge in [0.1, 0.15) is 18.1 Å². The number of benzene rings is 1. The summed E-state index contributed by atoms with van der Waals surface area (Å²) in [5, 5.41) is 10.7. The minimum absolute atomic E-state index is 0.238. The summed E-state index contributed by atoms with van der Waals surface area (Å²) < 4.78 is 5.43. The van der Waals surface area contributed by atoms with Gasteiger partial charge in [-0.15, -0.1) is 0 Å². The number of ether oxygens (including phenoxy) is 1. The second-order valence-corrected chi connectivity index (χ2v) is 8.84. The number of nitrogens with one attached hydrogen (secondary N) is 2. The van der Waals surface area contributed by atoms with E-state index in [1.54, 1.807) is 7.11 Å². The van der Waals surface area contributed by atoms with Crippen molar-refractivity contribution in [2.75, 3.05) is 32.5 Å². The first-order chi connectivity index (χ1) is 13.0. The first kappa shape index (κ1) is 19.5. The monoisotopic (exact) mass is 388 g/mol. The Morgan fingerprint density at radius 3 is 2.81 bits per heavy atom. The van der Waals surface area contributed by atoms with E-state index in [1.165, 1.54) is 0 Å². The van der Waals surface area contributed by atoms with Gasteiger partial charge in [0.2, 0.25) is 0 Å². The second-order valence-electron chi connectivity index (χ2n) is 7.03. The quantitative estimate of drug-likeness (QED) is 0.606. The van der Waals surface area contributed by atoms with Crippen LogP contribution in [0.2, 0.25) is 0 Å². The Morgan fingerprint density at radius 2 is 2.15 bits per heavy atom. The van der Waals surface area contributed by atoms with E-state index < -0.39 is 0 Å². The molecular formula is C19H28N6OS. The highest BCUT2D eigenvalue weighted by Crippen LogP contribution is 2.29. The molecule has 0 bridgehead atoms. The van der Waals surface area contributed by atoms with Crippen LogP contribution >= 0.6 is 11.8 Å². The van der Waals surface area contributed by atoms with Crippen molar-refractivity contribution in [1.29, 1.82) is 0 Å². The molecule has 1 saturated heterocycles. The Labute approximate surface area is 165 Å². The molecular weight excluding hydrogens is 360 g/mol. The van der Waals surface area contributed by atoms with E-state index in [0.29, 0.717) is 12.4 Å². The zero-order chi connectivity index (χ0) is 19.3. The lowest BCUT2D eigenvalue weighted by molar-refractivity contribution is 0.375. The normalized spacial score (nSPS) is 17.0. The summed E-state index contributed by atoms with van der Waals surface area (Å²) in [6.07, 6.45) is 0. The third-order valence-corrected chi connectivity index (χ3v) is 5.62. The predicted octanol–water partition coefficient (Wildman–Crippen LogP) is 2.77. The molecule has 1 aromatic carbocycles. The zero-order valence-electron chi connectivity index (χ0n) is 16.5. The van der Waals surface area contributed by atoms with E-state index in [-0.39, 0.29) is 4.75 Å². The number of aromatic amines is 1. The van der Waals surface area contributed by atoms with Crippen LogP contribution in [0.15, 0.2) is 29.3 Å². The Balaban J connectivity index is 1.70. The molecule has 2 heterocycles. The number of thioether (sulfide) groups is 1. The molecule has 1 fully saturated rings. The Bertz CT molecular complexity index is 771. The number of rotatable bonds is 5. The molecule has 1 aliphatic heterocycles. The molecule has 0 saturated carbocycles. The highest BCUT2D eigenvalue weighted by Gasteiger charge is 2.28. The lowest BCUT2D eigenvalue weighted by Crippen LogP contribution is -2.50. The van der Waals surface area contributed by atoms with Gasteiger partial charge in [0.15, 0.2) is 11.8 Å². The van der Waals surface area contributed by atoms with Gasteiger partial charge < -0.3 is 15.0 Å². The topological polar surface area (TPSA) is 78.4 Å². The maximum absolute atomic E-state index is 5.19. The molecule has 3 rings (SSSR count). The molecule has 1 aromatic heterocycles. The van der Waals surface area contributed by atoms with Gasteiger partial charge >= 0.3 is 0 Å². The number of aromatic nitrogens is 3. The molecule has 0 amide bonds. The minimum atomic E-state index is 0.238. The van der Waals surface area contributed by atoms with Gasteiger partial charge in [-0.2, -0.15) is 16.9 Å². The van der Waals surface area contributed by atoms with Crippen LogP contribution in [0.1, 0.15) is 26.6 Å². The van der Waals surface area contributed by atoms with E-state index in [9.17, 15) is 0 Å². The first-order valence-corrected chi connectivity index (χ1v) is 10.2. The van der Waals surface area contributed by atoms with Crippen molar-refractivity contribution in [3.63, 3.8) is 0 Å². The summed E-state index contributed by atoms with van der Waals surface area (Å²) in [6.45, 7) is 9.96. The van der Waals surface area contributed by atoms with Gasteiger partial charge in [0, 0.05) is 35.7 Å². The average molecular weight is 389 g/mol. The van der Waals surface area contributed by atoms with Crippen molar-refractivity contribution in [2.45, 2.75) is 32.1 Å². The van der Waals surface area contributed by atoms with Crippen LogP contribution in [0.5, 0.6) is 5.75 Å². The fraction of sp³-hybridized carbons (Fsp3) is 0.526. The molecule has 7 nitrogen and oxygen atoms in total. The molecule has 8 heteroatoms. The molecule has 0 radical (unpaired) electrons. The van der Waals surface area contributed by atoms with Gasteiger partial charge in [-0.3, -0.25) is 5.10 Å². The van der Waals surface area contributed by atoms with E-state index in [1.807, 2.05) is 36.0 Å². The number of methoxy groups -OCH3 is 1. The summed E-state index contributed by atoms with van der Waals surface area (Å²) in [5.41, 5.74) is 0.948. The molecule has 2 aromatic rings. The molecule has 0 atom stereocenters. The van der Waals surface area contributed by atoms with Crippen LogP contribution in [-0.4, -0.2) is 63.3 Å². The molecule has 0 unspecified atom stereocenters. The Morgan fingerprint density at radius 1 is 1.37 bits per heavy atom. The summed E-state index contributed by atoms with van der Waals surface area (Å²) >= 11 is 2.02. The molecule has 2 N–H and O–H groups in total. The van der Waals surface area contributed by atoms with Gasteiger partial charge in [-0.1, -0.05) is 0 Å². The van der Waals surface area contributed by atoms with Crippen molar-refractivity contribution in [2.24, 2.45) is 4.99 Å².